The Morgan fingerprint density at radius 3 is 2.54 bits per heavy atom. The van der Waals surface area contributed by atoms with Crippen LogP contribution in [0.15, 0.2) is 12.1 Å². The van der Waals surface area contributed by atoms with Crippen LogP contribution >= 0.6 is 0 Å². The highest BCUT2D eigenvalue weighted by Gasteiger charge is 2.09. The molecule has 0 aliphatic rings. The number of aliphatic hydroxyl groups excluding tert-OH is 1. The molecule has 1 aromatic carbocycles. The van der Waals surface area contributed by atoms with Crippen LogP contribution in [0.5, 0.6) is 5.75 Å². The summed E-state index contributed by atoms with van der Waals surface area (Å²) in [4.78, 5) is 0. The molecule has 72 valence electrons. The molecule has 0 aliphatic heterocycles. The summed E-state index contributed by atoms with van der Waals surface area (Å²) in [6, 6.07) is 1.87. The largest absolute Gasteiger partial charge is 0.491 e. The molecule has 1 N–H and O–H groups in total. The molecule has 0 saturated carbocycles. The second kappa shape index (κ2) is 4.18. The molecule has 0 aromatic heterocycles. The standard InChI is InChI=1S/C9H10F2O2/c1-2-13-9-4-7(10)6(5-12)3-8(9)11/h3-4,12H,2,5H2,1H3. The number of ether oxygens (including phenoxy) is 1. The first-order valence-electron chi connectivity index (χ1n) is 3.90. The molecule has 0 spiro atoms. The molecule has 4 heteroatoms. The van der Waals surface area contributed by atoms with Gasteiger partial charge in [0.25, 0.3) is 0 Å². The number of aliphatic hydroxyl groups is 1. The molecule has 0 saturated heterocycles. The first kappa shape index (κ1) is 9.92. The van der Waals surface area contributed by atoms with E-state index in [1.54, 1.807) is 6.92 Å². The molecule has 0 atom stereocenters. The van der Waals surface area contributed by atoms with Crippen molar-refractivity contribution >= 4 is 0 Å². The summed E-state index contributed by atoms with van der Waals surface area (Å²) in [6.45, 7) is 1.43. The van der Waals surface area contributed by atoms with Gasteiger partial charge in [0.1, 0.15) is 5.82 Å². The minimum atomic E-state index is -0.660. The number of hydrogen-bond donors (Lipinski definition) is 1. The fraction of sp³-hybridized carbons (Fsp3) is 0.333. The Morgan fingerprint density at radius 2 is 2.00 bits per heavy atom. The average Bonchev–Trinajstić information content (AvgIpc) is 2.11. The fourth-order valence-corrected chi connectivity index (χ4v) is 0.957. The Labute approximate surface area is 74.8 Å². The van der Waals surface area contributed by atoms with Gasteiger partial charge in [-0.2, -0.15) is 0 Å². The molecular formula is C9H10F2O2. The van der Waals surface area contributed by atoms with Crippen LogP contribution in [0.3, 0.4) is 0 Å². The zero-order chi connectivity index (χ0) is 9.84. The first-order chi connectivity index (χ1) is 6.19. The summed E-state index contributed by atoms with van der Waals surface area (Å²) < 4.78 is 30.8. The highest BCUT2D eigenvalue weighted by atomic mass is 19.1. The topological polar surface area (TPSA) is 29.5 Å². The van der Waals surface area contributed by atoms with Gasteiger partial charge in [-0.3, -0.25) is 0 Å². The van der Waals surface area contributed by atoms with Crippen LogP contribution in [-0.2, 0) is 6.61 Å². The zero-order valence-electron chi connectivity index (χ0n) is 7.18. The summed E-state index contributed by atoms with van der Waals surface area (Å²) in [5.74, 6) is -1.45. The third kappa shape index (κ3) is 2.15. The summed E-state index contributed by atoms with van der Waals surface area (Å²) in [5.41, 5.74) is -0.0686. The number of hydrogen-bond acceptors (Lipinski definition) is 2. The van der Waals surface area contributed by atoms with E-state index in [-0.39, 0.29) is 17.9 Å². The molecule has 0 bridgehead atoms. The predicted molar refractivity (Wildman–Crippen MR) is 43.4 cm³/mol. The quantitative estimate of drug-likeness (QED) is 0.784. The van der Waals surface area contributed by atoms with Crippen LogP contribution in [0.4, 0.5) is 8.78 Å². The van der Waals surface area contributed by atoms with Gasteiger partial charge in [0.2, 0.25) is 0 Å². The highest BCUT2D eigenvalue weighted by molar-refractivity contribution is 5.30. The molecule has 2 nitrogen and oxygen atoms in total. The van der Waals surface area contributed by atoms with Crippen LogP contribution in [-0.4, -0.2) is 11.7 Å². The summed E-state index contributed by atoms with van der Waals surface area (Å²) >= 11 is 0. The van der Waals surface area contributed by atoms with E-state index in [0.717, 1.165) is 12.1 Å². The molecule has 1 rings (SSSR count). The molecule has 0 radical (unpaired) electrons. The number of rotatable bonds is 3. The van der Waals surface area contributed by atoms with E-state index < -0.39 is 18.2 Å². The van der Waals surface area contributed by atoms with Crippen molar-refractivity contribution in [3.63, 3.8) is 0 Å². The van der Waals surface area contributed by atoms with E-state index in [1.165, 1.54) is 0 Å². The van der Waals surface area contributed by atoms with E-state index in [2.05, 4.69) is 0 Å². The van der Waals surface area contributed by atoms with Crippen molar-refractivity contribution in [3.8, 4) is 5.75 Å². The van der Waals surface area contributed by atoms with E-state index in [4.69, 9.17) is 9.84 Å². The lowest BCUT2D eigenvalue weighted by Gasteiger charge is -2.06. The molecule has 0 aliphatic carbocycles. The first-order valence-corrected chi connectivity index (χ1v) is 3.90. The Kier molecular flexibility index (Phi) is 3.19. The average molecular weight is 188 g/mol. The van der Waals surface area contributed by atoms with Gasteiger partial charge in [0, 0.05) is 11.6 Å². The predicted octanol–water partition coefficient (Wildman–Crippen LogP) is 1.86. The van der Waals surface area contributed by atoms with Gasteiger partial charge in [-0.25, -0.2) is 8.78 Å². The minimum Gasteiger partial charge on any atom is -0.491 e. The van der Waals surface area contributed by atoms with E-state index in [9.17, 15) is 8.78 Å². The van der Waals surface area contributed by atoms with Gasteiger partial charge >= 0.3 is 0 Å². The van der Waals surface area contributed by atoms with Crippen LogP contribution in [0, 0.1) is 11.6 Å². The SMILES string of the molecule is CCOc1cc(F)c(CO)cc1F. The Morgan fingerprint density at radius 1 is 1.31 bits per heavy atom. The smallest absolute Gasteiger partial charge is 0.165 e. The lowest BCUT2D eigenvalue weighted by atomic mass is 10.2. The minimum absolute atomic E-state index is 0.0686. The van der Waals surface area contributed by atoms with Gasteiger partial charge in [0.15, 0.2) is 11.6 Å². The highest BCUT2D eigenvalue weighted by Crippen LogP contribution is 2.21. The molecule has 0 amide bonds. The maximum atomic E-state index is 13.0. The lowest BCUT2D eigenvalue weighted by Crippen LogP contribution is -1.98. The van der Waals surface area contributed by atoms with Gasteiger partial charge < -0.3 is 9.84 Å². The molecule has 0 fully saturated rings. The summed E-state index contributed by atoms with van der Waals surface area (Å²) in [5, 5.41) is 8.62. The van der Waals surface area contributed by atoms with Crippen molar-refractivity contribution in [3.05, 3.63) is 29.3 Å². The van der Waals surface area contributed by atoms with Crippen molar-refractivity contribution in [1.82, 2.24) is 0 Å². The van der Waals surface area contributed by atoms with Gasteiger partial charge in [-0.05, 0) is 13.0 Å². The van der Waals surface area contributed by atoms with Crippen LogP contribution in [0.2, 0.25) is 0 Å². The molecule has 13 heavy (non-hydrogen) atoms. The molecular weight excluding hydrogens is 178 g/mol. The summed E-state index contributed by atoms with van der Waals surface area (Å²) in [7, 11) is 0. The lowest BCUT2D eigenvalue weighted by molar-refractivity contribution is 0.272. The third-order valence-corrected chi connectivity index (χ3v) is 1.57. The van der Waals surface area contributed by atoms with Crippen molar-refractivity contribution in [2.24, 2.45) is 0 Å². The van der Waals surface area contributed by atoms with E-state index in [1.807, 2.05) is 0 Å². The Hall–Kier alpha value is -1.16. The fourth-order valence-electron chi connectivity index (χ4n) is 0.957. The van der Waals surface area contributed by atoms with Gasteiger partial charge in [-0.15, -0.1) is 0 Å². The van der Waals surface area contributed by atoms with Crippen molar-refractivity contribution < 1.29 is 18.6 Å². The van der Waals surface area contributed by atoms with Crippen molar-refractivity contribution in [1.29, 1.82) is 0 Å². The summed E-state index contributed by atoms with van der Waals surface area (Å²) in [6.07, 6.45) is 0. The maximum Gasteiger partial charge on any atom is 0.165 e. The third-order valence-electron chi connectivity index (χ3n) is 1.57. The normalized spacial score (nSPS) is 10.2. The van der Waals surface area contributed by atoms with Gasteiger partial charge in [0.05, 0.1) is 13.2 Å². The second-order valence-corrected chi connectivity index (χ2v) is 2.47. The van der Waals surface area contributed by atoms with Crippen molar-refractivity contribution in [2.45, 2.75) is 13.5 Å². The van der Waals surface area contributed by atoms with Crippen LogP contribution in [0.1, 0.15) is 12.5 Å². The molecule has 1 aromatic rings. The monoisotopic (exact) mass is 188 g/mol. The molecule has 0 heterocycles. The molecule has 0 unspecified atom stereocenters. The maximum absolute atomic E-state index is 13.0. The van der Waals surface area contributed by atoms with E-state index >= 15 is 0 Å². The van der Waals surface area contributed by atoms with Crippen LogP contribution < -0.4 is 4.74 Å². The number of benzene rings is 1. The van der Waals surface area contributed by atoms with E-state index in [0.29, 0.717) is 0 Å². The van der Waals surface area contributed by atoms with Crippen molar-refractivity contribution in [2.75, 3.05) is 6.61 Å². The Bertz CT molecular complexity index is 300. The second-order valence-electron chi connectivity index (χ2n) is 2.47. The number of halogens is 2. The van der Waals surface area contributed by atoms with Gasteiger partial charge in [-0.1, -0.05) is 0 Å². The zero-order valence-corrected chi connectivity index (χ0v) is 7.18. The van der Waals surface area contributed by atoms with Crippen LogP contribution in [0.25, 0.3) is 0 Å². The Balaban J connectivity index is 3.05.